The van der Waals surface area contributed by atoms with Crippen LogP contribution in [0, 0.1) is 5.92 Å². The Morgan fingerprint density at radius 2 is 1.96 bits per heavy atom. The molecular formula is C15H20ClN5OS. The Labute approximate surface area is 144 Å². The average molecular weight is 354 g/mol. The first-order chi connectivity index (χ1) is 10.9. The fraction of sp³-hybridized carbons (Fsp3) is 0.400. The van der Waals surface area contributed by atoms with Gasteiger partial charge in [0, 0.05) is 17.1 Å². The molecule has 2 rings (SSSR count). The van der Waals surface area contributed by atoms with E-state index in [-0.39, 0.29) is 11.2 Å². The molecule has 1 atom stereocenters. The van der Waals surface area contributed by atoms with Crippen molar-refractivity contribution in [1.29, 1.82) is 0 Å². The Morgan fingerprint density at radius 1 is 1.30 bits per heavy atom. The third kappa shape index (κ3) is 4.62. The third-order valence-corrected chi connectivity index (χ3v) is 4.41. The summed E-state index contributed by atoms with van der Waals surface area (Å²) in [6.07, 6.45) is 0. The van der Waals surface area contributed by atoms with Gasteiger partial charge < -0.3 is 11.2 Å². The molecule has 0 radical (unpaired) electrons. The van der Waals surface area contributed by atoms with Crippen molar-refractivity contribution in [2.45, 2.75) is 31.2 Å². The molecule has 23 heavy (non-hydrogen) atoms. The first-order valence-electron chi connectivity index (χ1n) is 7.29. The minimum absolute atomic E-state index is 0.0419. The molecule has 1 aromatic carbocycles. The summed E-state index contributed by atoms with van der Waals surface area (Å²) in [5.74, 6) is 6.94. The number of nitrogen functional groups attached to an aromatic ring is 1. The van der Waals surface area contributed by atoms with Crippen molar-refractivity contribution in [2.75, 3.05) is 12.4 Å². The van der Waals surface area contributed by atoms with Gasteiger partial charge in [0.2, 0.25) is 11.1 Å². The van der Waals surface area contributed by atoms with Crippen LogP contribution in [0.3, 0.4) is 0 Å². The maximum atomic E-state index is 12.0. The first kappa shape index (κ1) is 17.6. The van der Waals surface area contributed by atoms with Crippen LogP contribution in [0.2, 0.25) is 5.02 Å². The van der Waals surface area contributed by atoms with Gasteiger partial charge in [0.05, 0.1) is 5.25 Å². The van der Waals surface area contributed by atoms with Crippen molar-refractivity contribution < 1.29 is 4.79 Å². The lowest BCUT2D eigenvalue weighted by molar-refractivity contribution is -0.120. The number of hydrogen-bond donors (Lipinski definition) is 2. The predicted octanol–water partition coefficient (Wildman–Crippen LogP) is 2.57. The molecule has 1 amide bonds. The summed E-state index contributed by atoms with van der Waals surface area (Å²) in [4.78, 5) is 12.0. The largest absolute Gasteiger partial charge is 0.355 e. The second-order valence-corrected chi connectivity index (χ2v) is 7.33. The fourth-order valence-corrected chi connectivity index (χ4v) is 2.73. The number of nitrogens with zero attached hydrogens (tertiary/aromatic N) is 3. The highest BCUT2D eigenvalue weighted by atomic mass is 35.5. The molecule has 6 nitrogen and oxygen atoms in total. The standard InChI is InChI=1S/C15H20ClN5OS/c1-9(2)8-18-14(22)10(3)23-15-20-19-13(21(15)17)11-4-6-12(16)7-5-11/h4-7,9-10H,8,17H2,1-3H3,(H,18,22). The summed E-state index contributed by atoms with van der Waals surface area (Å²) in [5.41, 5.74) is 0.813. The summed E-state index contributed by atoms with van der Waals surface area (Å²) in [5, 5.41) is 11.9. The molecule has 0 aliphatic carbocycles. The van der Waals surface area contributed by atoms with Crippen molar-refractivity contribution in [1.82, 2.24) is 20.2 Å². The zero-order valence-electron chi connectivity index (χ0n) is 13.3. The number of rotatable bonds is 6. The van der Waals surface area contributed by atoms with Gasteiger partial charge in [-0.2, -0.15) is 0 Å². The van der Waals surface area contributed by atoms with Crippen LogP contribution in [0.15, 0.2) is 29.4 Å². The molecular weight excluding hydrogens is 334 g/mol. The minimum atomic E-state index is -0.307. The molecule has 3 N–H and O–H groups in total. The second kappa shape index (κ2) is 7.70. The number of halogens is 1. The van der Waals surface area contributed by atoms with Gasteiger partial charge in [-0.3, -0.25) is 4.79 Å². The first-order valence-corrected chi connectivity index (χ1v) is 8.55. The summed E-state index contributed by atoms with van der Waals surface area (Å²) >= 11 is 7.15. The highest BCUT2D eigenvalue weighted by Crippen LogP contribution is 2.25. The highest BCUT2D eigenvalue weighted by molar-refractivity contribution is 8.00. The van der Waals surface area contributed by atoms with Crippen LogP contribution < -0.4 is 11.2 Å². The van der Waals surface area contributed by atoms with E-state index in [0.717, 1.165) is 5.56 Å². The highest BCUT2D eigenvalue weighted by Gasteiger charge is 2.19. The molecule has 1 aromatic heterocycles. The van der Waals surface area contributed by atoms with Crippen molar-refractivity contribution >= 4 is 29.3 Å². The minimum Gasteiger partial charge on any atom is -0.355 e. The Hall–Kier alpha value is -1.73. The Kier molecular flexibility index (Phi) is 5.90. The van der Waals surface area contributed by atoms with Gasteiger partial charge in [-0.25, -0.2) is 4.68 Å². The molecule has 0 fully saturated rings. The van der Waals surface area contributed by atoms with Gasteiger partial charge >= 0.3 is 0 Å². The number of nitrogens with one attached hydrogen (secondary N) is 1. The molecule has 1 unspecified atom stereocenters. The lowest BCUT2D eigenvalue weighted by atomic mass is 10.2. The Bertz CT molecular complexity index is 671. The predicted molar refractivity (Wildman–Crippen MR) is 93.8 cm³/mol. The van der Waals surface area contributed by atoms with Gasteiger partial charge in [-0.1, -0.05) is 37.2 Å². The molecule has 124 valence electrons. The number of aromatic nitrogens is 3. The molecule has 2 aromatic rings. The number of hydrogen-bond acceptors (Lipinski definition) is 5. The van der Waals surface area contributed by atoms with Crippen molar-refractivity contribution in [3.8, 4) is 11.4 Å². The van der Waals surface area contributed by atoms with E-state index in [2.05, 4.69) is 15.5 Å². The zero-order valence-corrected chi connectivity index (χ0v) is 14.9. The van der Waals surface area contributed by atoms with Crippen molar-refractivity contribution in [3.63, 3.8) is 0 Å². The number of amides is 1. The van der Waals surface area contributed by atoms with Crippen LogP contribution in [-0.2, 0) is 4.79 Å². The van der Waals surface area contributed by atoms with Gasteiger partial charge in [-0.05, 0) is 37.1 Å². The van der Waals surface area contributed by atoms with Crippen LogP contribution in [0.5, 0.6) is 0 Å². The summed E-state index contributed by atoms with van der Waals surface area (Å²) < 4.78 is 1.39. The van der Waals surface area contributed by atoms with Crippen LogP contribution in [0.1, 0.15) is 20.8 Å². The third-order valence-electron chi connectivity index (χ3n) is 3.10. The van der Waals surface area contributed by atoms with Gasteiger partial charge in [0.1, 0.15) is 0 Å². The SMILES string of the molecule is CC(C)CNC(=O)C(C)Sc1nnc(-c2ccc(Cl)cc2)n1N. The molecule has 0 bridgehead atoms. The van der Waals surface area contributed by atoms with E-state index in [0.29, 0.717) is 28.5 Å². The topological polar surface area (TPSA) is 85.8 Å². The van der Waals surface area contributed by atoms with Crippen LogP contribution in [0.25, 0.3) is 11.4 Å². The molecule has 0 saturated heterocycles. The Morgan fingerprint density at radius 3 is 2.57 bits per heavy atom. The number of nitrogens with two attached hydrogens (primary N) is 1. The monoisotopic (exact) mass is 353 g/mol. The van der Waals surface area contributed by atoms with E-state index in [1.54, 1.807) is 12.1 Å². The van der Waals surface area contributed by atoms with E-state index in [1.807, 2.05) is 32.9 Å². The summed E-state index contributed by atoms with van der Waals surface area (Å²) in [6.45, 7) is 6.56. The van der Waals surface area contributed by atoms with Crippen LogP contribution in [-0.4, -0.2) is 32.6 Å². The number of carbonyl (C=O) groups excluding carboxylic acids is 1. The maximum absolute atomic E-state index is 12.0. The van der Waals surface area contributed by atoms with Crippen LogP contribution >= 0.6 is 23.4 Å². The quantitative estimate of drug-likeness (QED) is 0.615. The van der Waals surface area contributed by atoms with E-state index in [4.69, 9.17) is 17.4 Å². The fourth-order valence-electron chi connectivity index (χ4n) is 1.81. The van der Waals surface area contributed by atoms with Crippen molar-refractivity contribution in [2.24, 2.45) is 5.92 Å². The maximum Gasteiger partial charge on any atom is 0.233 e. The van der Waals surface area contributed by atoms with E-state index < -0.39 is 0 Å². The molecule has 0 spiro atoms. The summed E-state index contributed by atoms with van der Waals surface area (Å²) in [6, 6.07) is 7.17. The van der Waals surface area contributed by atoms with Crippen molar-refractivity contribution in [3.05, 3.63) is 29.3 Å². The summed E-state index contributed by atoms with van der Waals surface area (Å²) in [7, 11) is 0. The van der Waals surface area contributed by atoms with E-state index in [9.17, 15) is 4.79 Å². The van der Waals surface area contributed by atoms with Gasteiger partial charge in [0.15, 0.2) is 5.82 Å². The molecule has 0 aliphatic rings. The zero-order chi connectivity index (χ0) is 17.0. The smallest absolute Gasteiger partial charge is 0.233 e. The normalized spacial score (nSPS) is 12.4. The second-order valence-electron chi connectivity index (χ2n) is 5.58. The molecule has 0 aliphatic heterocycles. The van der Waals surface area contributed by atoms with Crippen LogP contribution in [0.4, 0.5) is 0 Å². The number of thioether (sulfide) groups is 1. The number of benzene rings is 1. The average Bonchev–Trinajstić information content (AvgIpc) is 2.86. The lowest BCUT2D eigenvalue weighted by Gasteiger charge is -2.12. The Balaban J connectivity index is 2.07. The molecule has 1 heterocycles. The molecule has 8 heteroatoms. The molecule has 0 saturated carbocycles. The number of carbonyl (C=O) groups is 1. The van der Waals surface area contributed by atoms with E-state index >= 15 is 0 Å². The lowest BCUT2D eigenvalue weighted by Crippen LogP contribution is -2.33. The van der Waals surface area contributed by atoms with E-state index in [1.165, 1.54) is 16.4 Å². The van der Waals surface area contributed by atoms with Gasteiger partial charge in [-0.15, -0.1) is 10.2 Å². The van der Waals surface area contributed by atoms with Gasteiger partial charge in [0.25, 0.3) is 0 Å².